The summed E-state index contributed by atoms with van der Waals surface area (Å²) in [6, 6.07) is 21.2. The number of amides is 4. The molecule has 2 atom stereocenters. The minimum atomic E-state index is -0.487. The second kappa shape index (κ2) is 12.2. The van der Waals surface area contributed by atoms with Crippen molar-refractivity contribution < 1.29 is 19.2 Å². The number of nitrogens with zero attached hydrogens (tertiary/aromatic N) is 4. The third kappa shape index (κ3) is 6.10. The molecule has 212 valence electrons. The highest BCUT2D eigenvalue weighted by Crippen LogP contribution is 2.34. The predicted molar refractivity (Wildman–Crippen MR) is 161 cm³/mol. The summed E-state index contributed by atoms with van der Waals surface area (Å²) in [5.41, 5.74) is 3.42. The van der Waals surface area contributed by atoms with E-state index < -0.39 is 11.8 Å². The van der Waals surface area contributed by atoms with Gasteiger partial charge < -0.3 is 0 Å². The second-order valence-electron chi connectivity index (χ2n) is 10.1. The highest BCUT2D eigenvalue weighted by Gasteiger charge is 2.42. The second-order valence-corrected chi connectivity index (χ2v) is 11.0. The molecule has 2 aliphatic rings. The molecule has 42 heavy (non-hydrogen) atoms. The average Bonchev–Trinajstić information content (AvgIpc) is 3.42. The number of aromatic nitrogens is 2. The van der Waals surface area contributed by atoms with E-state index in [-0.39, 0.29) is 36.5 Å². The maximum absolute atomic E-state index is 12.6. The van der Waals surface area contributed by atoms with Gasteiger partial charge in [-0.05, 0) is 84.6 Å². The zero-order valence-corrected chi connectivity index (χ0v) is 24.3. The van der Waals surface area contributed by atoms with Crippen molar-refractivity contribution in [2.24, 2.45) is 0 Å². The Bertz CT molecular complexity index is 1580. The van der Waals surface area contributed by atoms with Crippen LogP contribution in [0.25, 0.3) is 0 Å². The number of hydrogen-bond donors (Lipinski definition) is 0. The number of carbonyl (C=O) groups excluding carboxylic acids is 4. The number of rotatable bonds is 4. The molecular weight excluding hydrogens is 575 g/mol. The van der Waals surface area contributed by atoms with E-state index in [2.05, 4.69) is 9.97 Å². The van der Waals surface area contributed by atoms with Crippen LogP contribution in [0, 0.1) is 13.8 Å². The Balaban J connectivity index is 0.000000168. The fourth-order valence-electron chi connectivity index (χ4n) is 5.00. The molecule has 6 rings (SSSR count). The first-order chi connectivity index (χ1) is 20.1. The number of hydrogen-bond acceptors (Lipinski definition) is 6. The lowest BCUT2D eigenvalue weighted by Gasteiger charge is -2.14. The van der Waals surface area contributed by atoms with Gasteiger partial charge in [-0.2, -0.15) is 0 Å². The Morgan fingerprint density at radius 1 is 0.619 bits per heavy atom. The normalized spacial score (nSPS) is 18.4. The molecule has 2 saturated heterocycles. The first-order valence-electron chi connectivity index (χ1n) is 13.2. The van der Waals surface area contributed by atoms with Gasteiger partial charge in [-0.15, -0.1) is 0 Å². The van der Waals surface area contributed by atoms with E-state index in [9.17, 15) is 19.2 Å². The maximum Gasteiger partial charge on any atom is 0.243 e. The van der Waals surface area contributed by atoms with Crippen LogP contribution in [0.15, 0.2) is 85.2 Å². The van der Waals surface area contributed by atoms with Gasteiger partial charge in [0, 0.05) is 35.3 Å². The van der Waals surface area contributed by atoms with Gasteiger partial charge in [-0.3, -0.25) is 19.2 Å². The van der Waals surface area contributed by atoms with Crippen molar-refractivity contribution in [2.75, 3.05) is 9.80 Å². The number of anilines is 2. The van der Waals surface area contributed by atoms with Crippen molar-refractivity contribution in [3.8, 4) is 0 Å². The zero-order valence-electron chi connectivity index (χ0n) is 22.8. The smallest absolute Gasteiger partial charge is 0.243 e. The molecule has 0 aliphatic carbocycles. The van der Waals surface area contributed by atoms with E-state index in [1.54, 1.807) is 60.9 Å². The van der Waals surface area contributed by atoms with Crippen molar-refractivity contribution in [3.63, 3.8) is 0 Å². The number of carbonyl (C=O) groups is 4. The van der Waals surface area contributed by atoms with E-state index in [0.29, 0.717) is 21.7 Å². The number of benzene rings is 2. The fraction of sp³-hybridized carbons (Fsp3) is 0.188. The fourth-order valence-corrected chi connectivity index (χ4v) is 5.40. The van der Waals surface area contributed by atoms with Crippen LogP contribution in [0.3, 0.4) is 0 Å². The Labute approximate surface area is 252 Å². The van der Waals surface area contributed by atoms with Crippen molar-refractivity contribution in [2.45, 2.75) is 38.5 Å². The average molecular weight is 601 g/mol. The summed E-state index contributed by atoms with van der Waals surface area (Å²) in [6.07, 6.45) is 3.49. The molecule has 0 radical (unpaired) electrons. The van der Waals surface area contributed by atoms with Gasteiger partial charge in [0.2, 0.25) is 23.6 Å². The summed E-state index contributed by atoms with van der Waals surface area (Å²) in [5.74, 6) is -1.17. The lowest BCUT2D eigenvalue weighted by molar-refractivity contribution is -0.123. The number of halogens is 2. The molecule has 2 aliphatic heterocycles. The van der Waals surface area contributed by atoms with Crippen LogP contribution in [0.1, 0.15) is 46.9 Å². The summed E-state index contributed by atoms with van der Waals surface area (Å²) >= 11 is 11.9. The molecule has 0 N–H and O–H groups in total. The largest absolute Gasteiger partial charge is 0.274 e. The van der Waals surface area contributed by atoms with E-state index in [1.807, 2.05) is 38.1 Å². The number of aryl methyl sites for hydroxylation is 2. The highest BCUT2D eigenvalue weighted by atomic mass is 35.5. The summed E-state index contributed by atoms with van der Waals surface area (Å²) < 4.78 is 0. The molecule has 8 nitrogen and oxygen atoms in total. The van der Waals surface area contributed by atoms with Gasteiger partial charge in [-0.1, -0.05) is 47.5 Å². The van der Waals surface area contributed by atoms with Crippen molar-refractivity contribution in [1.29, 1.82) is 0 Å². The molecule has 2 fully saturated rings. The molecule has 4 aromatic rings. The predicted octanol–water partition coefficient (Wildman–Crippen LogP) is 6.18. The molecule has 0 unspecified atom stereocenters. The Morgan fingerprint density at radius 2 is 1.02 bits per heavy atom. The van der Waals surface area contributed by atoms with Crippen LogP contribution in [0.5, 0.6) is 0 Å². The quantitative estimate of drug-likeness (QED) is 0.259. The molecule has 4 amide bonds. The third-order valence-corrected chi connectivity index (χ3v) is 7.53. The van der Waals surface area contributed by atoms with Gasteiger partial charge >= 0.3 is 0 Å². The van der Waals surface area contributed by atoms with E-state index in [0.717, 1.165) is 22.3 Å². The SMILES string of the molecule is Cc1ccnc(N2C(=O)C[C@@H](c3cccc(Cl)c3)C2=O)c1.Cc1ccnc(N2C(=O)C[C@H](c3cccc(Cl)c3)C2=O)c1. The summed E-state index contributed by atoms with van der Waals surface area (Å²) in [5, 5.41) is 1.11. The Morgan fingerprint density at radius 3 is 1.38 bits per heavy atom. The third-order valence-electron chi connectivity index (χ3n) is 7.06. The van der Waals surface area contributed by atoms with Crippen LogP contribution >= 0.6 is 23.2 Å². The minimum absolute atomic E-state index is 0.148. The lowest BCUT2D eigenvalue weighted by Crippen LogP contribution is -2.30. The van der Waals surface area contributed by atoms with Crippen LogP contribution in [-0.4, -0.2) is 33.6 Å². The Kier molecular flexibility index (Phi) is 8.47. The summed E-state index contributed by atoms with van der Waals surface area (Å²) in [7, 11) is 0. The maximum atomic E-state index is 12.6. The number of pyridine rings is 2. The van der Waals surface area contributed by atoms with E-state index in [4.69, 9.17) is 23.2 Å². The molecular formula is C32H26Cl2N4O4. The monoisotopic (exact) mass is 600 g/mol. The van der Waals surface area contributed by atoms with E-state index in [1.165, 1.54) is 9.80 Å². The Hall–Kier alpha value is -4.40. The van der Waals surface area contributed by atoms with Crippen LogP contribution < -0.4 is 9.80 Å². The topological polar surface area (TPSA) is 101 Å². The van der Waals surface area contributed by atoms with Gasteiger partial charge in [0.25, 0.3) is 0 Å². The molecule has 0 saturated carbocycles. The molecule has 0 spiro atoms. The van der Waals surface area contributed by atoms with Crippen molar-refractivity contribution in [1.82, 2.24) is 9.97 Å². The first-order valence-corrected chi connectivity index (χ1v) is 14.0. The standard InChI is InChI=1S/2C16H13ClN2O2/c2*1-10-5-6-18-14(7-10)19-15(20)9-13(16(19)21)11-3-2-4-12(17)8-11/h2*2-8,13H,9H2,1H3/t2*13-/m10/s1. The minimum Gasteiger partial charge on any atom is -0.274 e. The van der Waals surface area contributed by atoms with Crippen molar-refractivity contribution >= 4 is 58.5 Å². The molecule has 2 aromatic heterocycles. The van der Waals surface area contributed by atoms with Crippen LogP contribution in [0.4, 0.5) is 11.6 Å². The molecule has 0 bridgehead atoms. The number of imide groups is 2. The van der Waals surface area contributed by atoms with Crippen molar-refractivity contribution in [3.05, 3.63) is 117 Å². The summed E-state index contributed by atoms with van der Waals surface area (Å²) in [4.78, 5) is 60.1. The lowest BCUT2D eigenvalue weighted by atomic mass is 9.98. The van der Waals surface area contributed by atoms with Gasteiger partial charge in [0.15, 0.2) is 0 Å². The highest BCUT2D eigenvalue weighted by molar-refractivity contribution is 6.31. The summed E-state index contributed by atoms with van der Waals surface area (Å²) in [6.45, 7) is 3.79. The first kappa shape index (κ1) is 29.1. The van der Waals surface area contributed by atoms with Gasteiger partial charge in [-0.25, -0.2) is 19.8 Å². The molecule has 2 aromatic carbocycles. The van der Waals surface area contributed by atoms with Crippen LogP contribution in [0.2, 0.25) is 10.0 Å². The molecule has 4 heterocycles. The zero-order chi connectivity index (χ0) is 30.0. The van der Waals surface area contributed by atoms with Gasteiger partial charge in [0.05, 0.1) is 11.8 Å². The van der Waals surface area contributed by atoms with Crippen LogP contribution in [-0.2, 0) is 19.2 Å². The molecule has 10 heteroatoms. The van der Waals surface area contributed by atoms with E-state index >= 15 is 0 Å². The van der Waals surface area contributed by atoms with Gasteiger partial charge in [0.1, 0.15) is 11.6 Å².